The van der Waals surface area contributed by atoms with Gasteiger partial charge in [-0.25, -0.2) is 9.97 Å². The Labute approximate surface area is 229 Å². The van der Waals surface area contributed by atoms with Gasteiger partial charge in [0, 0.05) is 49.8 Å². The summed E-state index contributed by atoms with van der Waals surface area (Å²) < 4.78 is 16.4. The summed E-state index contributed by atoms with van der Waals surface area (Å²) in [5.74, 6) is 2.93. The first-order valence-corrected chi connectivity index (χ1v) is 13.8. The van der Waals surface area contributed by atoms with Gasteiger partial charge in [-0.15, -0.1) is 0 Å². The van der Waals surface area contributed by atoms with Crippen molar-refractivity contribution in [2.45, 2.75) is 43.2 Å². The number of carbonyl (C=O) groups excluding carboxylic acids is 1. The van der Waals surface area contributed by atoms with Crippen LogP contribution in [0.25, 0.3) is 0 Å². The van der Waals surface area contributed by atoms with Gasteiger partial charge in [0.15, 0.2) is 16.7 Å². The third-order valence-electron chi connectivity index (χ3n) is 6.47. The molecule has 202 valence electrons. The van der Waals surface area contributed by atoms with Gasteiger partial charge in [-0.05, 0) is 61.6 Å². The molecule has 1 saturated heterocycles. The van der Waals surface area contributed by atoms with E-state index in [0.717, 1.165) is 66.6 Å². The Morgan fingerprint density at radius 1 is 1.11 bits per heavy atom. The number of benzene rings is 2. The number of anilines is 1. The smallest absolute Gasteiger partial charge is 0.251 e. The fourth-order valence-corrected chi connectivity index (χ4v) is 5.14. The Morgan fingerprint density at radius 3 is 2.71 bits per heavy atom. The number of aryl methyl sites for hydroxylation is 1. The first-order valence-electron chi connectivity index (χ1n) is 12.8. The predicted molar refractivity (Wildman–Crippen MR) is 151 cm³/mol. The largest absolute Gasteiger partial charge is 0.493 e. The van der Waals surface area contributed by atoms with E-state index >= 15 is 0 Å². The molecular formula is C29H36N4O4S. The fraction of sp³-hybridized carbons (Fsp3) is 0.414. The molecule has 2 aromatic carbocycles. The van der Waals surface area contributed by atoms with Crippen LogP contribution < -0.4 is 19.7 Å². The van der Waals surface area contributed by atoms with Gasteiger partial charge in [0.1, 0.15) is 5.82 Å². The Morgan fingerprint density at radius 2 is 1.95 bits per heavy atom. The molecule has 8 nitrogen and oxygen atoms in total. The maximum atomic E-state index is 12.6. The van der Waals surface area contributed by atoms with Crippen molar-refractivity contribution in [2.75, 3.05) is 45.9 Å². The summed E-state index contributed by atoms with van der Waals surface area (Å²) >= 11 is 1.57. The second kappa shape index (κ2) is 13.5. The van der Waals surface area contributed by atoms with E-state index in [4.69, 9.17) is 19.2 Å². The maximum absolute atomic E-state index is 12.6. The molecule has 1 aliphatic heterocycles. The molecule has 1 atom stereocenters. The third-order valence-corrected chi connectivity index (χ3v) is 7.38. The highest BCUT2D eigenvalue weighted by Crippen LogP contribution is 2.28. The molecule has 1 amide bonds. The minimum atomic E-state index is -0.0717. The molecule has 0 radical (unpaired) electrons. The Bertz CT molecular complexity index is 1230. The summed E-state index contributed by atoms with van der Waals surface area (Å²) in [4.78, 5) is 24.2. The number of hydrogen-bond acceptors (Lipinski definition) is 8. The maximum Gasteiger partial charge on any atom is 0.251 e. The van der Waals surface area contributed by atoms with E-state index in [2.05, 4.69) is 21.3 Å². The highest BCUT2D eigenvalue weighted by molar-refractivity contribution is 7.98. The molecule has 0 unspecified atom stereocenters. The summed E-state index contributed by atoms with van der Waals surface area (Å²) in [6, 6.07) is 15.7. The number of ether oxygens (including phenoxy) is 3. The minimum Gasteiger partial charge on any atom is -0.493 e. The average molecular weight is 537 g/mol. The number of nitrogens with one attached hydrogen (secondary N) is 1. The highest BCUT2D eigenvalue weighted by atomic mass is 32.2. The van der Waals surface area contributed by atoms with Crippen LogP contribution in [0.5, 0.6) is 11.5 Å². The normalized spacial score (nSPS) is 14.8. The van der Waals surface area contributed by atoms with Crippen LogP contribution in [0.4, 0.5) is 5.82 Å². The van der Waals surface area contributed by atoms with Crippen molar-refractivity contribution < 1.29 is 19.0 Å². The molecule has 1 aliphatic rings. The topological polar surface area (TPSA) is 85.8 Å². The van der Waals surface area contributed by atoms with Crippen LogP contribution in [-0.4, -0.2) is 62.9 Å². The van der Waals surface area contributed by atoms with Gasteiger partial charge >= 0.3 is 0 Å². The van der Waals surface area contributed by atoms with Crippen molar-refractivity contribution in [3.05, 3.63) is 70.9 Å². The Hall–Kier alpha value is -3.30. The van der Waals surface area contributed by atoms with Crippen molar-refractivity contribution in [3.63, 3.8) is 0 Å². The number of hydrogen-bond donors (Lipinski definition) is 1. The van der Waals surface area contributed by atoms with Gasteiger partial charge in [0.2, 0.25) is 0 Å². The summed E-state index contributed by atoms with van der Waals surface area (Å²) in [5.41, 5.74) is 3.78. The molecule has 0 saturated carbocycles. The SMILES string of the molecule is COc1ccc(CCN(C)c2cc(C)nc(SCc3cccc(C(=O)NC[C@H]4CCCO4)c3)n2)cc1OC. The molecule has 4 rings (SSSR count). The van der Waals surface area contributed by atoms with E-state index in [1.165, 1.54) is 0 Å². The number of aromatic nitrogens is 2. The number of nitrogens with zero attached hydrogens (tertiary/aromatic N) is 3. The van der Waals surface area contributed by atoms with Crippen molar-refractivity contribution in [1.82, 2.24) is 15.3 Å². The second-order valence-corrected chi connectivity index (χ2v) is 10.3. The minimum absolute atomic E-state index is 0.0717. The molecule has 1 fully saturated rings. The molecule has 0 spiro atoms. The first-order chi connectivity index (χ1) is 18.4. The number of likely N-dealkylation sites (N-methyl/N-ethyl adjacent to an activating group) is 1. The van der Waals surface area contributed by atoms with Gasteiger partial charge in [-0.1, -0.05) is 30.0 Å². The van der Waals surface area contributed by atoms with Crippen molar-refractivity contribution in [1.29, 1.82) is 0 Å². The van der Waals surface area contributed by atoms with Gasteiger partial charge in [0.05, 0.1) is 20.3 Å². The standard InChI is InChI=1S/C29H36N4O4S/c1-20-15-27(33(2)13-12-21-10-11-25(35-3)26(17-21)36-4)32-29(31-20)38-19-22-7-5-8-23(16-22)28(34)30-18-24-9-6-14-37-24/h5,7-8,10-11,15-17,24H,6,9,12-14,18-19H2,1-4H3,(H,30,34)/t24-/m1/s1. The van der Waals surface area contributed by atoms with Crippen LogP contribution in [0.1, 0.15) is 40.0 Å². The predicted octanol–water partition coefficient (Wildman–Crippen LogP) is 4.68. The zero-order chi connectivity index (χ0) is 26.9. The van der Waals surface area contributed by atoms with Crippen molar-refractivity contribution in [2.24, 2.45) is 0 Å². The molecule has 1 aromatic heterocycles. The first kappa shape index (κ1) is 27.7. The molecular weight excluding hydrogens is 500 g/mol. The van der Waals surface area contributed by atoms with Crippen LogP contribution in [0.2, 0.25) is 0 Å². The molecule has 0 aliphatic carbocycles. The van der Waals surface area contributed by atoms with Gasteiger partial charge < -0.3 is 24.4 Å². The van der Waals surface area contributed by atoms with Gasteiger partial charge in [0.25, 0.3) is 5.91 Å². The van der Waals surface area contributed by atoms with Crippen LogP contribution in [0.3, 0.4) is 0 Å². The molecule has 38 heavy (non-hydrogen) atoms. The summed E-state index contributed by atoms with van der Waals surface area (Å²) in [6.45, 7) is 4.11. The monoisotopic (exact) mass is 536 g/mol. The lowest BCUT2D eigenvalue weighted by Gasteiger charge is -2.19. The lowest BCUT2D eigenvalue weighted by Crippen LogP contribution is -2.31. The lowest BCUT2D eigenvalue weighted by molar-refractivity contribution is 0.0857. The van der Waals surface area contributed by atoms with E-state index in [1.807, 2.05) is 56.4 Å². The summed E-state index contributed by atoms with van der Waals surface area (Å²) in [7, 11) is 5.32. The number of rotatable bonds is 12. The molecule has 3 aromatic rings. The quantitative estimate of drug-likeness (QED) is 0.264. The Balaban J connectivity index is 1.34. The van der Waals surface area contributed by atoms with Gasteiger partial charge in [-0.2, -0.15) is 0 Å². The molecule has 1 N–H and O–H groups in total. The van der Waals surface area contributed by atoms with E-state index in [1.54, 1.807) is 26.0 Å². The third kappa shape index (κ3) is 7.61. The molecule has 0 bridgehead atoms. The molecule has 9 heteroatoms. The molecule has 2 heterocycles. The number of amides is 1. The summed E-state index contributed by atoms with van der Waals surface area (Å²) in [6.07, 6.45) is 3.02. The second-order valence-electron chi connectivity index (χ2n) is 9.35. The van der Waals surface area contributed by atoms with E-state index in [9.17, 15) is 4.79 Å². The lowest BCUT2D eigenvalue weighted by atomic mass is 10.1. The fourth-order valence-electron chi connectivity index (χ4n) is 4.30. The zero-order valence-electron chi connectivity index (χ0n) is 22.5. The van der Waals surface area contributed by atoms with E-state index < -0.39 is 0 Å². The number of thioether (sulfide) groups is 1. The van der Waals surface area contributed by atoms with E-state index in [0.29, 0.717) is 23.0 Å². The van der Waals surface area contributed by atoms with Crippen LogP contribution in [-0.2, 0) is 16.9 Å². The number of carbonyl (C=O) groups is 1. The van der Waals surface area contributed by atoms with Crippen LogP contribution in [0, 0.1) is 6.92 Å². The van der Waals surface area contributed by atoms with Gasteiger partial charge in [-0.3, -0.25) is 4.79 Å². The average Bonchev–Trinajstić information content (AvgIpc) is 3.47. The van der Waals surface area contributed by atoms with Crippen LogP contribution in [0.15, 0.2) is 53.7 Å². The Kier molecular flexibility index (Phi) is 9.84. The van der Waals surface area contributed by atoms with Crippen LogP contribution >= 0.6 is 11.8 Å². The summed E-state index contributed by atoms with van der Waals surface area (Å²) in [5, 5.41) is 3.70. The highest BCUT2D eigenvalue weighted by Gasteiger charge is 2.17. The van der Waals surface area contributed by atoms with Crippen molar-refractivity contribution >= 4 is 23.5 Å². The van der Waals surface area contributed by atoms with E-state index in [-0.39, 0.29) is 12.0 Å². The van der Waals surface area contributed by atoms with Crippen molar-refractivity contribution in [3.8, 4) is 11.5 Å². The zero-order valence-corrected chi connectivity index (χ0v) is 23.3. The number of methoxy groups -OCH3 is 2.